The molecule has 1 aromatic carbocycles. The van der Waals surface area contributed by atoms with Gasteiger partial charge in [0.25, 0.3) is 5.24 Å². The first-order valence-corrected chi connectivity index (χ1v) is 8.01. The fourth-order valence-corrected chi connectivity index (χ4v) is 3.27. The molecule has 2 amide bonds. The van der Waals surface area contributed by atoms with Gasteiger partial charge in [-0.1, -0.05) is 42.4 Å². The standard InChI is InChI=1S/C15H18N2O2S/c18-14(13-9-20-15(19)17-13)16-8-10-4-6-12(7-5-10)11-2-1-3-11/h4-7,11,13H,1-3,8-9H2,(H,16,18)(H,17,19). The van der Waals surface area contributed by atoms with Gasteiger partial charge >= 0.3 is 0 Å². The SMILES string of the molecule is O=C1NC(C(=O)NCc2ccc(C3CCC3)cc2)CS1. The van der Waals surface area contributed by atoms with Crippen molar-refractivity contribution in [3.05, 3.63) is 35.4 Å². The van der Waals surface area contributed by atoms with Crippen LogP contribution in [-0.2, 0) is 11.3 Å². The molecule has 0 radical (unpaired) electrons. The van der Waals surface area contributed by atoms with E-state index in [9.17, 15) is 9.59 Å². The minimum absolute atomic E-state index is 0.105. The molecule has 4 nitrogen and oxygen atoms in total. The van der Waals surface area contributed by atoms with E-state index in [2.05, 4.69) is 34.9 Å². The maximum atomic E-state index is 11.9. The largest absolute Gasteiger partial charge is 0.350 e. The lowest BCUT2D eigenvalue weighted by atomic mass is 9.80. The maximum Gasteiger partial charge on any atom is 0.279 e. The first-order chi connectivity index (χ1) is 9.72. The third-order valence-electron chi connectivity index (χ3n) is 4.01. The fraction of sp³-hybridized carbons (Fsp3) is 0.467. The van der Waals surface area contributed by atoms with E-state index < -0.39 is 0 Å². The molecule has 1 atom stereocenters. The summed E-state index contributed by atoms with van der Waals surface area (Å²) in [6.07, 6.45) is 3.94. The molecule has 1 saturated heterocycles. The van der Waals surface area contributed by atoms with Crippen molar-refractivity contribution in [2.45, 2.75) is 37.8 Å². The van der Waals surface area contributed by atoms with E-state index in [4.69, 9.17) is 0 Å². The molecule has 0 bridgehead atoms. The Balaban J connectivity index is 1.50. The van der Waals surface area contributed by atoms with Crippen LogP contribution in [0.1, 0.15) is 36.3 Å². The van der Waals surface area contributed by atoms with Crippen LogP contribution in [-0.4, -0.2) is 22.9 Å². The van der Waals surface area contributed by atoms with E-state index in [1.807, 2.05) is 0 Å². The molecule has 5 heteroatoms. The van der Waals surface area contributed by atoms with Gasteiger partial charge in [0.15, 0.2) is 0 Å². The van der Waals surface area contributed by atoms with E-state index in [0.29, 0.717) is 12.3 Å². The Bertz CT molecular complexity index is 511. The Labute approximate surface area is 122 Å². The molecule has 3 rings (SSSR count). The summed E-state index contributed by atoms with van der Waals surface area (Å²) in [4.78, 5) is 22.9. The third kappa shape index (κ3) is 2.98. The predicted octanol–water partition coefficient (Wildman–Crippen LogP) is 2.40. The van der Waals surface area contributed by atoms with Crippen LogP contribution in [0.5, 0.6) is 0 Å². The van der Waals surface area contributed by atoms with Gasteiger partial charge in [-0.25, -0.2) is 0 Å². The first-order valence-electron chi connectivity index (χ1n) is 7.02. The van der Waals surface area contributed by atoms with Crippen LogP contribution in [0, 0.1) is 0 Å². The second-order valence-electron chi connectivity index (χ2n) is 5.38. The van der Waals surface area contributed by atoms with Gasteiger partial charge in [-0.15, -0.1) is 0 Å². The van der Waals surface area contributed by atoms with Crippen molar-refractivity contribution in [2.24, 2.45) is 0 Å². The molecule has 1 aliphatic heterocycles. The number of carbonyl (C=O) groups excluding carboxylic acids is 2. The Hall–Kier alpha value is -1.49. The van der Waals surface area contributed by atoms with Gasteiger partial charge in [0.05, 0.1) is 0 Å². The lowest BCUT2D eigenvalue weighted by Crippen LogP contribution is -2.42. The van der Waals surface area contributed by atoms with Crippen LogP contribution in [0.25, 0.3) is 0 Å². The summed E-state index contributed by atoms with van der Waals surface area (Å²) in [5.41, 5.74) is 2.50. The summed E-state index contributed by atoms with van der Waals surface area (Å²) in [7, 11) is 0. The van der Waals surface area contributed by atoms with E-state index >= 15 is 0 Å². The highest BCUT2D eigenvalue weighted by molar-refractivity contribution is 8.14. The van der Waals surface area contributed by atoms with Crippen LogP contribution < -0.4 is 10.6 Å². The van der Waals surface area contributed by atoms with Crippen molar-refractivity contribution < 1.29 is 9.59 Å². The summed E-state index contributed by atoms with van der Waals surface area (Å²) >= 11 is 1.16. The molecule has 106 valence electrons. The molecular weight excluding hydrogens is 272 g/mol. The van der Waals surface area contributed by atoms with Crippen LogP contribution in [0.2, 0.25) is 0 Å². The zero-order chi connectivity index (χ0) is 13.9. The molecular formula is C15H18N2O2S. The zero-order valence-corrected chi connectivity index (χ0v) is 12.0. The molecule has 1 saturated carbocycles. The Kier molecular flexibility index (Phi) is 3.96. The molecule has 2 fully saturated rings. The number of nitrogens with one attached hydrogen (secondary N) is 2. The van der Waals surface area contributed by atoms with E-state index in [0.717, 1.165) is 23.2 Å². The van der Waals surface area contributed by atoms with Gasteiger partial charge in [-0.05, 0) is 29.9 Å². The topological polar surface area (TPSA) is 58.2 Å². The van der Waals surface area contributed by atoms with E-state index in [1.165, 1.54) is 24.8 Å². The minimum Gasteiger partial charge on any atom is -0.350 e. The Morgan fingerprint density at radius 3 is 2.60 bits per heavy atom. The smallest absolute Gasteiger partial charge is 0.279 e. The van der Waals surface area contributed by atoms with Crippen molar-refractivity contribution in [3.63, 3.8) is 0 Å². The molecule has 0 spiro atoms. The van der Waals surface area contributed by atoms with Gasteiger partial charge in [-0.2, -0.15) is 0 Å². The normalized spacial score (nSPS) is 22.2. The lowest BCUT2D eigenvalue weighted by molar-refractivity contribution is -0.122. The predicted molar refractivity (Wildman–Crippen MR) is 79.7 cm³/mol. The number of rotatable bonds is 4. The number of hydrogen-bond donors (Lipinski definition) is 2. The van der Waals surface area contributed by atoms with Crippen molar-refractivity contribution in [3.8, 4) is 0 Å². The number of hydrogen-bond acceptors (Lipinski definition) is 3. The monoisotopic (exact) mass is 290 g/mol. The van der Waals surface area contributed by atoms with Crippen LogP contribution in [0.3, 0.4) is 0 Å². The lowest BCUT2D eigenvalue weighted by Gasteiger charge is -2.25. The van der Waals surface area contributed by atoms with Crippen molar-refractivity contribution in [1.29, 1.82) is 0 Å². The average molecular weight is 290 g/mol. The van der Waals surface area contributed by atoms with Gasteiger partial charge < -0.3 is 10.6 Å². The highest BCUT2D eigenvalue weighted by Gasteiger charge is 2.27. The zero-order valence-electron chi connectivity index (χ0n) is 11.2. The second kappa shape index (κ2) is 5.87. The molecule has 2 aliphatic rings. The molecule has 1 heterocycles. The van der Waals surface area contributed by atoms with Crippen molar-refractivity contribution in [1.82, 2.24) is 10.6 Å². The molecule has 1 aliphatic carbocycles. The summed E-state index contributed by atoms with van der Waals surface area (Å²) in [5, 5.41) is 5.40. The van der Waals surface area contributed by atoms with Crippen molar-refractivity contribution >= 4 is 22.9 Å². The van der Waals surface area contributed by atoms with Gasteiger partial charge in [0.1, 0.15) is 6.04 Å². The summed E-state index contributed by atoms with van der Waals surface area (Å²) in [6, 6.07) is 8.10. The quantitative estimate of drug-likeness (QED) is 0.895. The first kappa shape index (κ1) is 13.5. The Morgan fingerprint density at radius 1 is 1.30 bits per heavy atom. The van der Waals surface area contributed by atoms with Crippen LogP contribution >= 0.6 is 11.8 Å². The molecule has 1 aromatic rings. The average Bonchev–Trinajstić information content (AvgIpc) is 2.82. The molecule has 2 N–H and O–H groups in total. The van der Waals surface area contributed by atoms with Gasteiger partial charge in [0.2, 0.25) is 5.91 Å². The van der Waals surface area contributed by atoms with Crippen molar-refractivity contribution in [2.75, 3.05) is 5.75 Å². The van der Waals surface area contributed by atoms with E-state index in [-0.39, 0.29) is 17.2 Å². The summed E-state index contributed by atoms with van der Waals surface area (Å²) < 4.78 is 0. The van der Waals surface area contributed by atoms with Crippen LogP contribution in [0.4, 0.5) is 4.79 Å². The number of amides is 2. The van der Waals surface area contributed by atoms with Crippen LogP contribution in [0.15, 0.2) is 24.3 Å². The van der Waals surface area contributed by atoms with E-state index in [1.54, 1.807) is 0 Å². The van der Waals surface area contributed by atoms with Gasteiger partial charge in [-0.3, -0.25) is 9.59 Å². The summed E-state index contributed by atoms with van der Waals surface area (Å²) in [5.74, 6) is 1.15. The number of carbonyl (C=O) groups is 2. The second-order valence-corrected chi connectivity index (χ2v) is 6.38. The minimum atomic E-state index is -0.387. The highest BCUT2D eigenvalue weighted by atomic mass is 32.2. The van der Waals surface area contributed by atoms with Gasteiger partial charge in [0, 0.05) is 12.3 Å². The highest BCUT2D eigenvalue weighted by Crippen LogP contribution is 2.36. The maximum absolute atomic E-state index is 11.9. The number of thioether (sulfide) groups is 1. The molecule has 0 aromatic heterocycles. The summed E-state index contributed by atoms with van der Waals surface area (Å²) in [6.45, 7) is 0.515. The number of benzene rings is 1. The Morgan fingerprint density at radius 2 is 2.05 bits per heavy atom. The molecule has 1 unspecified atom stereocenters. The fourth-order valence-electron chi connectivity index (χ4n) is 2.49. The third-order valence-corrected chi connectivity index (χ3v) is 4.89. The molecule has 20 heavy (non-hydrogen) atoms.